The number of anilines is 1. The van der Waals surface area contributed by atoms with E-state index in [9.17, 15) is 4.79 Å². The Morgan fingerprint density at radius 2 is 2.03 bits per heavy atom. The number of allylic oxidation sites excluding steroid dienone is 3. The Labute approximate surface area is 223 Å². The minimum absolute atomic E-state index is 0.223. The number of amides is 1. The molecule has 194 valence electrons. The first kappa shape index (κ1) is 24.2. The van der Waals surface area contributed by atoms with Crippen LogP contribution >= 0.6 is 0 Å². The molecule has 9 nitrogen and oxygen atoms in total. The molecule has 0 bridgehead atoms. The zero-order chi connectivity index (χ0) is 26.3. The van der Waals surface area contributed by atoms with Crippen LogP contribution in [0.25, 0.3) is 11.1 Å². The highest BCUT2D eigenvalue weighted by Crippen LogP contribution is 2.44. The number of hydrogen-bond donors (Lipinski definition) is 0. The summed E-state index contributed by atoms with van der Waals surface area (Å²) in [5.41, 5.74) is 4.82. The summed E-state index contributed by atoms with van der Waals surface area (Å²) in [6, 6.07) is 6.26. The van der Waals surface area contributed by atoms with Gasteiger partial charge < -0.3 is 9.80 Å². The maximum atomic E-state index is 12.3. The molecule has 0 aromatic carbocycles. The number of hydrazone groups is 1. The van der Waals surface area contributed by atoms with Crippen LogP contribution in [0.15, 0.2) is 60.4 Å². The summed E-state index contributed by atoms with van der Waals surface area (Å²) < 4.78 is 1.77. The van der Waals surface area contributed by atoms with Crippen molar-refractivity contribution >= 4 is 29.1 Å². The zero-order valence-corrected chi connectivity index (χ0v) is 21.8. The average Bonchev–Trinajstić information content (AvgIpc) is 3.68. The Bertz CT molecular complexity index is 1370. The number of rotatable bonds is 6. The number of hydrogen-bond acceptors (Lipinski definition) is 7. The molecule has 2 aromatic heterocycles. The predicted octanol–water partition coefficient (Wildman–Crippen LogP) is 3.81. The van der Waals surface area contributed by atoms with Crippen LogP contribution in [0.1, 0.15) is 43.2 Å². The van der Waals surface area contributed by atoms with Gasteiger partial charge in [-0.25, -0.2) is 9.99 Å². The lowest BCUT2D eigenvalue weighted by Gasteiger charge is -2.54. The molecule has 6 rings (SSSR count). The van der Waals surface area contributed by atoms with Crippen LogP contribution in [0, 0.1) is 22.7 Å². The van der Waals surface area contributed by atoms with Crippen molar-refractivity contribution in [3.8, 4) is 6.07 Å². The largest absolute Gasteiger partial charge is 0.357 e. The number of likely N-dealkylation sites (tertiary alicyclic amines) is 1. The molecule has 1 amide bonds. The maximum absolute atomic E-state index is 12.3. The lowest BCUT2D eigenvalue weighted by atomic mass is 9.72. The molecular weight excluding hydrogens is 476 g/mol. The van der Waals surface area contributed by atoms with Crippen molar-refractivity contribution in [2.24, 2.45) is 23.5 Å². The Morgan fingerprint density at radius 1 is 1.24 bits per heavy atom. The van der Waals surface area contributed by atoms with Gasteiger partial charge in [0.1, 0.15) is 5.82 Å². The third-order valence-electron chi connectivity index (χ3n) is 8.07. The summed E-state index contributed by atoms with van der Waals surface area (Å²) >= 11 is 0. The summed E-state index contributed by atoms with van der Waals surface area (Å²) in [6.45, 7) is 8.05. The summed E-state index contributed by atoms with van der Waals surface area (Å²) in [7, 11) is 1.89. The SMILES string of the molecule is C=C1C(c2ccc(N3CCC4(CC3)CN(C(=O)C3CC3)C4)nc2)=CC(c2cnn(C)c2)=CN1/N=C\CC#N. The highest BCUT2D eigenvalue weighted by Gasteiger charge is 2.49. The molecule has 2 saturated heterocycles. The van der Waals surface area contributed by atoms with Gasteiger partial charge in [0, 0.05) is 91.6 Å². The van der Waals surface area contributed by atoms with Crippen LogP contribution in [-0.4, -0.2) is 63.0 Å². The van der Waals surface area contributed by atoms with Crippen molar-refractivity contribution in [2.45, 2.75) is 32.1 Å². The highest BCUT2D eigenvalue weighted by atomic mass is 16.2. The van der Waals surface area contributed by atoms with Crippen molar-refractivity contribution in [3.05, 3.63) is 66.4 Å². The molecule has 4 aliphatic rings. The second-order valence-electron chi connectivity index (χ2n) is 10.9. The monoisotopic (exact) mass is 508 g/mol. The van der Waals surface area contributed by atoms with Gasteiger partial charge in [-0.05, 0) is 43.9 Å². The summed E-state index contributed by atoms with van der Waals surface area (Å²) in [5.74, 6) is 1.67. The van der Waals surface area contributed by atoms with Gasteiger partial charge >= 0.3 is 0 Å². The summed E-state index contributed by atoms with van der Waals surface area (Å²) in [6.07, 6.45) is 15.8. The van der Waals surface area contributed by atoms with Crippen LogP contribution in [0.4, 0.5) is 5.82 Å². The van der Waals surface area contributed by atoms with Crippen molar-refractivity contribution in [3.63, 3.8) is 0 Å². The molecule has 1 aliphatic carbocycles. The fraction of sp³-hybridized carbons (Fsp3) is 0.414. The first-order valence-corrected chi connectivity index (χ1v) is 13.3. The van der Waals surface area contributed by atoms with Crippen LogP contribution in [0.3, 0.4) is 0 Å². The summed E-state index contributed by atoms with van der Waals surface area (Å²) in [4.78, 5) is 21.6. The van der Waals surface area contributed by atoms with E-state index < -0.39 is 0 Å². The van der Waals surface area contributed by atoms with E-state index in [4.69, 9.17) is 10.2 Å². The second-order valence-corrected chi connectivity index (χ2v) is 10.9. The highest BCUT2D eigenvalue weighted by molar-refractivity contribution is 5.91. The molecule has 0 atom stereocenters. The number of aromatic nitrogens is 3. The molecule has 3 fully saturated rings. The quantitative estimate of drug-likeness (QED) is 0.551. The van der Waals surface area contributed by atoms with E-state index in [1.54, 1.807) is 15.9 Å². The number of piperidine rings is 1. The number of nitriles is 1. The fourth-order valence-corrected chi connectivity index (χ4v) is 5.63. The van der Waals surface area contributed by atoms with E-state index in [1.807, 2.05) is 31.8 Å². The smallest absolute Gasteiger partial charge is 0.225 e. The molecule has 38 heavy (non-hydrogen) atoms. The first-order chi connectivity index (χ1) is 18.4. The Hall–Kier alpha value is -4.19. The zero-order valence-electron chi connectivity index (χ0n) is 21.8. The standard InChI is InChI=1S/C29H32N8O/c1-21-26(14-24(25-16-33-34(2)17-25)18-37(21)32-11-3-10-30)23-6-7-27(31-15-23)35-12-8-29(9-13-35)19-36(20-29)28(38)22-4-5-22/h6-7,11,14-18,22H,1,3-5,8-9,12-13,19-20H2,2H3/b32-11-. The number of aryl methyl sites for hydroxylation is 1. The first-order valence-electron chi connectivity index (χ1n) is 13.3. The lowest BCUT2D eigenvalue weighted by Crippen LogP contribution is -2.62. The van der Waals surface area contributed by atoms with E-state index in [-0.39, 0.29) is 6.42 Å². The average molecular weight is 509 g/mol. The Kier molecular flexibility index (Phi) is 6.10. The molecular formula is C29H32N8O. The van der Waals surface area contributed by atoms with E-state index >= 15 is 0 Å². The predicted molar refractivity (Wildman–Crippen MR) is 146 cm³/mol. The van der Waals surface area contributed by atoms with E-state index in [0.717, 1.165) is 85.7 Å². The van der Waals surface area contributed by atoms with Gasteiger partial charge in [-0.2, -0.15) is 15.5 Å². The van der Waals surface area contributed by atoms with Gasteiger partial charge in [-0.1, -0.05) is 6.58 Å². The minimum Gasteiger partial charge on any atom is -0.357 e. The Morgan fingerprint density at radius 3 is 2.66 bits per heavy atom. The third kappa shape index (κ3) is 4.62. The number of nitrogens with zero attached hydrogens (tertiary/aromatic N) is 8. The van der Waals surface area contributed by atoms with Crippen molar-refractivity contribution < 1.29 is 4.79 Å². The third-order valence-corrected chi connectivity index (χ3v) is 8.07. The van der Waals surface area contributed by atoms with E-state index in [2.05, 4.69) is 50.9 Å². The van der Waals surface area contributed by atoms with Crippen LogP contribution in [0.5, 0.6) is 0 Å². The van der Waals surface area contributed by atoms with Gasteiger partial charge in [0.15, 0.2) is 0 Å². The van der Waals surface area contributed by atoms with Crippen LogP contribution < -0.4 is 4.90 Å². The second kappa shape index (κ2) is 9.60. The van der Waals surface area contributed by atoms with Crippen molar-refractivity contribution in [1.82, 2.24) is 24.7 Å². The van der Waals surface area contributed by atoms with Gasteiger partial charge in [0.2, 0.25) is 5.91 Å². The molecule has 5 heterocycles. The minimum atomic E-state index is 0.223. The van der Waals surface area contributed by atoms with Gasteiger partial charge in [-0.3, -0.25) is 9.48 Å². The fourth-order valence-electron chi connectivity index (χ4n) is 5.63. The number of carbonyl (C=O) groups is 1. The van der Waals surface area contributed by atoms with Gasteiger partial charge in [0.05, 0.1) is 24.4 Å². The topological polar surface area (TPSA) is 93.7 Å². The van der Waals surface area contributed by atoms with Gasteiger partial charge in [-0.15, -0.1) is 0 Å². The number of pyridine rings is 1. The Balaban J connectivity index is 1.15. The molecule has 9 heteroatoms. The lowest BCUT2D eigenvalue weighted by molar-refractivity contribution is -0.146. The molecule has 3 aliphatic heterocycles. The molecule has 2 aromatic rings. The van der Waals surface area contributed by atoms with E-state index in [0.29, 0.717) is 17.2 Å². The molecule has 0 N–H and O–H groups in total. The molecule has 0 unspecified atom stereocenters. The number of carbonyl (C=O) groups excluding carboxylic acids is 1. The van der Waals surface area contributed by atoms with E-state index in [1.165, 1.54) is 0 Å². The maximum Gasteiger partial charge on any atom is 0.225 e. The summed E-state index contributed by atoms with van der Waals surface area (Å²) in [5, 5.41) is 19.4. The van der Waals surface area contributed by atoms with Crippen molar-refractivity contribution in [2.75, 3.05) is 31.1 Å². The molecule has 1 spiro atoms. The van der Waals surface area contributed by atoms with Gasteiger partial charge in [0.25, 0.3) is 0 Å². The molecule has 1 saturated carbocycles. The van der Waals surface area contributed by atoms with Crippen LogP contribution in [0.2, 0.25) is 0 Å². The molecule has 0 radical (unpaired) electrons. The van der Waals surface area contributed by atoms with Crippen LogP contribution in [-0.2, 0) is 11.8 Å². The van der Waals surface area contributed by atoms with Crippen molar-refractivity contribution in [1.29, 1.82) is 5.26 Å². The normalized spacial score (nSPS) is 20.8.